The summed E-state index contributed by atoms with van der Waals surface area (Å²) < 4.78 is 0.765. The number of rotatable bonds is 6. The number of likely N-dealkylation sites (tertiary alicyclic amines) is 1. The highest BCUT2D eigenvalue weighted by molar-refractivity contribution is 9.10. The van der Waals surface area contributed by atoms with Crippen LogP contribution in [0.15, 0.2) is 59.1 Å². The summed E-state index contributed by atoms with van der Waals surface area (Å²) >= 11 is 3.47. The molecular formula is C26H31BrN4O3. The molecule has 2 aromatic carbocycles. The quantitative estimate of drug-likeness (QED) is 0.623. The minimum Gasteiger partial charge on any atom is -0.352 e. The molecule has 2 saturated heterocycles. The maximum Gasteiger partial charge on any atom is 0.255 e. The van der Waals surface area contributed by atoms with E-state index in [2.05, 4.69) is 26.1 Å². The van der Waals surface area contributed by atoms with Gasteiger partial charge in [0, 0.05) is 29.3 Å². The summed E-state index contributed by atoms with van der Waals surface area (Å²) in [6.45, 7) is 5.31. The van der Waals surface area contributed by atoms with Crippen LogP contribution in [0.1, 0.15) is 43.5 Å². The summed E-state index contributed by atoms with van der Waals surface area (Å²) in [6, 6.07) is 17.3. The number of carbonyl (C=O) groups excluding carboxylic acids is 3. The minimum absolute atomic E-state index is 0.0356. The first-order valence-electron chi connectivity index (χ1n) is 11.8. The summed E-state index contributed by atoms with van der Waals surface area (Å²) in [5.41, 5.74) is 0.814. The Balaban J connectivity index is 1.54. The first-order valence-corrected chi connectivity index (χ1v) is 12.6. The van der Waals surface area contributed by atoms with E-state index >= 15 is 0 Å². The van der Waals surface area contributed by atoms with Crippen LogP contribution < -0.4 is 10.2 Å². The fraction of sp³-hybridized carbons (Fsp3) is 0.423. The van der Waals surface area contributed by atoms with Crippen molar-refractivity contribution in [2.45, 2.75) is 44.7 Å². The highest BCUT2D eigenvalue weighted by atomic mass is 79.9. The molecule has 1 unspecified atom stereocenters. The van der Waals surface area contributed by atoms with Crippen LogP contribution in [-0.4, -0.2) is 65.4 Å². The third-order valence-electron chi connectivity index (χ3n) is 6.92. The summed E-state index contributed by atoms with van der Waals surface area (Å²) in [7, 11) is 0. The first-order chi connectivity index (χ1) is 16.4. The lowest BCUT2D eigenvalue weighted by Crippen LogP contribution is -2.57. The molecule has 0 aromatic heterocycles. The molecule has 34 heavy (non-hydrogen) atoms. The van der Waals surface area contributed by atoms with Crippen molar-refractivity contribution in [1.82, 2.24) is 15.1 Å². The third kappa shape index (κ3) is 4.69. The number of benzene rings is 2. The Kier molecular flexibility index (Phi) is 7.26. The van der Waals surface area contributed by atoms with Gasteiger partial charge in [0.05, 0.1) is 12.2 Å². The number of piperidine rings is 1. The van der Waals surface area contributed by atoms with Crippen LogP contribution in [-0.2, 0) is 9.59 Å². The van der Waals surface area contributed by atoms with Gasteiger partial charge in [0.2, 0.25) is 5.91 Å². The van der Waals surface area contributed by atoms with Crippen molar-refractivity contribution in [3.05, 3.63) is 64.6 Å². The fourth-order valence-corrected chi connectivity index (χ4v) is 5.26. The van der Waals surface area contributed by atoms with Crippen molar-refractivity contribution in [3.8, 4) is 0 Å². The molecule has 2 aliphatic rings. The van der Waals surface area contributed by atoms with Gasteiger partial charge in [-0.3, -0.25) is 14.4 Å². The van der Waals surface area contributed by atoms with E-state index in [0.29, 0.717) is 38.2 Å². The zero-order valence-electron chi connectivity index (χ0n) is 19.7. The lowest BCUT2D eigenvalue weighted by molar-refractivity contribution is -0.137. The van der Waals surface area contributed by atoms with Crippen LogP contribution >= 0.6 is 15.9 Å². The Labute approximate surface area is 209 Å². The second-order valence-corrected chi connectivity index (χ2v) is 9.94. The number of hydrogen-bond acceptors (Lipinski definition) is 4. The predicted molar refractivity (Wildman–Crippen MR) is 135 cm³/mol. The number of hydrogen-bond donors (Lipinski definition) is 1. The molecule has 0 radical (unpaired) electrons. The van der Waals surface area contributed by atoms with Crippen LogP contribution in [0.5, 0.6) is 0 Å². The van der Waals surface area contributed by atoms with E-state index in [-0.39, 0.29) is 30.3 Å². The molecule has 180 valence electrons. The maximum absolute atomic E-state index is 13.8. The van der Waals surface area contributed by atoms with Gasteiger partial charge in [-0.05, 0) is 66.4 Å². The van der Waals surface area contributed by atoms with Gasteiger partial charge in [-0.15, -0.1) is 0 Å². The van der Waals surface area contributed by atoms with Crippen LogP contribution in [0.2, 0.25) is 0 Å². The third-order valence-corrected chi connectivity index (χ3v) is 7.61. The van der Waals surface area contributed by atoms with Gasteiger partial charge in [-0.2, -0.15) is 0 Å². The first kappa shape index (κ1) is 24.3. The average molecular weight is 527 g/mol. The van der Waals surface area contributed by atoms with Gasteiger partial charge >= 0.3 is 0 Å². The molecular weight excluding hydrogens is 496 g/mol. The van der Waals surface area contributed by atoms with Crippen LogP contribution in [0, 0.1) is 0 Å². The van der Waals surface area contributed by atoms with Crippen molar-refractivity contribution in [2.75, 3.05) is 31.2 Å². The lowest BCUT2D eigenvalue weighted by Gasteiger charge is -2.43. The Morgan fingerprint density at radius 1 is 1.06 bits per heavy atom. The van der Waals surface area contributed by atoms with Crippen LogP contribution in [0.3, 0.4) is 0 Å². The normalized spacial score (nSPS) is 18.3. The van der Waals surface area contributed by atoms with E-state index in [4.69, 9.17) is 0 Å². The number of nitrogens with zero attached hydrogens (tertiary/aromatic N) is 3. The number of carbonyl (C=O) groups is 3. The predicted octanol–water partition coefficient (Wildman–Crippen LogP) is 3.64. The molecule has 4 rings (SSSR count). The Morgan fingerprint density at radius 2 is 1.71 bits per heavy atom. The zero-order chi connectivity index (χ0) is 24.3. The van der Waals surface area contributed by atoms with Gasteiger partial charge < -0.3 is 20.0 Å². The number of anilines is 1. The van der Waals surface area contributed by atoms with Crippen molar-refractivity contribution in [3.63, 3.8) is 0 Å². The molecule has 7 nitrogen and oxygen atoms in total. The van der Waals surface area contributed by atoms with Crippen LogP contribution in [0.4, 0.5) is 5.69 Å². The Hall–Kier alpha value is -2.87. The average Bonchev–Trinajstić information content (AvgIpc) is 3.11. The maximum atomic E-state index is 13.8. The molecule has 1 atom stereocenters. The van der Waals surface area contributed by atoms with Crippen molar-refractivity contribution >= 4 is 39.3 Å². The van der Waals surface area contributed by atoms with Gasteiger partial charge in [0.1, 0.15) is 12.1 Å². The van der Waals surface area contributed by atoms with E-state index in [1.165, 1.54) is 0 Å². The number of para-hydroxylation sites is 1. The molecule has 2 fully saturated rings. The van der Waals surface area contributed by atoms with Crippen molar-refractivity contribution in [1.29, 1.82) is 0 Å². The summed E-state index contributed by atoms with van der Waals surface area (Å²) in [5, 5.41) is 2.96. The molecule has 1 N–H and O–H groups in total. The second-order valence-electron chi connectivity index (χ2n) is 9.09. The molecule has 2 aromatic rings. The Bertz CT molecular complexity index is 1050. The van der Waals surface area contributed by atoms with Crippen molar-refractivity contribution in [2.24, 2.45) is 0 Å². The van der Waals surface area contributed by atoms with E-state index < -0.39 is 5.54 Å². The standard InChI is InChI=1S/C26H31BrN4O3/c1-3-19(2)28-23(32)17-30-18-31(20-9-5-4-6-10-20)26(25(30)34)13-15-29(16-14-26)24(33)21-11-7-8-12-22(21)27/h4-12,19H,3,13-18H2,1-2H3,(H,28,32). The number of amides is 3. The second kappa shape index (κ2) is 10.2. The summed E-state index contributed by atoms with van der Waals surface area (Å²) in [5.74, 6) is -0.221. The fourth-order valence-electron chi connectivity index (χ4n) is 4.80. The van der Waals surface area contributed by atoms with Gasteiger partial charge in [-0.25, -0.2) is 0 Å². The van der Waals surface area contributed by atoms with E-state index in [0.717, 1.165) is 16.6 Å². The molecule has 0 aliphatic carbocycles. The topological polar surface area (TPSA) is 73.0 Å². The molecule has 2 heterocycles. The number of nitrogens with one attached hydrogen (secondary N) is 1. The smallest absolute Gasteiger partial charge is 0.255 e. The van der Waals surface area contributed by atoms with Crippen molar-refractivity contribution < 1.29 is 14.4 Å². The summed E-state index contributed by atoms with van der Waals surface area (Å²) in [4.78, 5) is 45.0. The molecule has 0 saturated carbocycles. The molecule has 2 aliphatic heterocycles. The van der Waals surface area contributed by atoms with E-state index in [9.17, 15) is 14.4 Å². The highest BCUT2D eigenvalue weighted by Gasteiger charge is 2.54. The SMILES string of the molecule is CCC(C)NC(=O)CN1CN(c2ccccc2)C2(CCN(C(=O)c3ccccc3Br)CC2)C1=O. The van der Waals surface area contributed by atoms with Gasteiger partial charge in [-0.1, -0.05) is 37.3 Å². The molecule has 0 bridgehead atoms. The van der Waals surface area contributed by atoms with Crippen LogP contribution in [0.25, 0.3) is 0 Å². The summed E-state index contributed by atoms with van der Waals surface area (Å²) in [6.07, 6.45) is 1.86. The minimum atomic E-state index is -0.761. The number of halogens is 1. The zero-order valence-corrected chi connectivity index (χ0v) is 21.3. The monoisotopic (exact) mass is 526 g/mol. The lowest BCUT2D eigenvalue weighted by atomic mass is 9.85. The van der Waals surface area contributed by atoms with E-state index in [1.54, 1.807) is 4.90 Å². The largest absolute Gasteiger partial charge is 0.352 e. The Morgan fingerprint density at radius 3 is 2.35 bits per heavy atom. The van der Waals surface area contributed by atoms with E-state index in [1.807, 2.05) is 73.3 Å². The highest BCUT2D eigenvalue weighted by Crippen LogP contribution is 2.39. The van der Waals surface area contributed by atoms with Gasteiger partial charge in [0.15, 0.2) is 0 Å². The molecule has 1 spiro atoms. The molecule has 3 amide bonds. The molecule has 8 heteroatoms. The van der Waals surface area contributed by atoms with Gasteiger partial charge in [0.25, 0.3) is 11.8 Å².